The minimum atomic E-state index is -0.458. The maximum atomic E-state index is 13.3. The molecule has 0 saturated heterocycles. The van der Waals surface area contributed by atoms with Gasteiger partial charge < -0.3 is 0 Å². The Morgan fingerprint density at radius 3 is 2.37 bits per heavy atom. The number of nitrogens with zero attached hydrogens (tertiary/aromatic N) is 3. The Morgan fingerprint density at radius 2 is 1.59 bits per heavy atom. The quantitative estimate of drug-likeness (QED) is 0.492. The van der Waals surface area contributed by atoms with Crippen molar-refractivity contribution in [3.8, 4) is 0 Å². The smallest absolute Gasteiger partial charge is 0.276 e. The Hall–Kier alpha value is -3.80. The summed E-state index contributed by atoms with van der Waals surface area (Å²) >= 11 is 0. The predicted octanol–water partition coefficient (Wildman–Crippen LogP) is 3.10. The zero-order valence-corrected chi connectivity index (χ0v) is 14.3. The van der Waals surface area contributed by atoms with E-state index in [1.54, 1.807) is 30.5 Å². The lowest BCUT2D eigenvalue weighted by molar-refractivity contribution is 0.0691. The Balaban J connectivity index is 1.96. The van der Waals surface area contributed by atoms with Crippen molar-refractivity contribution in [2.45, 2.75) is 0 Å². The van der Waals surface area contributed by atoms with Gasteiger partial charge in [-0.15, -0.1) is 0 Å². The molecule has 0 N–H and O–H groups in total. The van der Waals surface area contributed by atoms with Crippen LogP contribution in [0.4, 0.5) is 0 Å². The van der Waals surface area contributed by atoms with E-state index in [2.05, 4.69) is 4.98 Å². The highest BCUT2D eigenvalue weighted by Gasteiger charge is 2.38. The molecule has 0 radical (unpaired) electrons. The van der Waals surface area contributed by atoms with Gasteiger partial charge in [0.25, 0.3) is 17.7 Å². The number of carbonyl (C=O) groups excluding carboxylic acids is 3. The van der Waals surface area contributed by atoms with Gasteiger partial charge in [0.05, 0.1) is 16.6 Å². The Labute approximate surface area is 153 Å². The van der Waals surface area contributed by atoms with Crippen molar-refractivity contribution in [2.24, 2.45) is 0 Å². The highest BCUT2D eigenvalue weighted by atomic mass is 16.2. The molecule has 2 aromatic carbocycles. The van der Waals surface area contributed by atoms with Gasteiger partial charge in [0.2, 0.25) is 0 Å². The maximum Gasteiger partial charge on any atom is 0.279 e. The summed E-state index contributed by atoms with van der Waals surface area (Å²) in [5.74, 6) is -1.16. The van der Waals surface area contributed by atoms with Crippen LogP contribution in [-0.4, -0.2) is 39.2 Å². The SMILES string of the molecule is CN1C(=O)c2ncc3c4ccccc4n(C(=O)c4ccccc4)c3c2C1=O. The Morgan fingerprint density at radius 1 is 0.889 bits per heavy atom. The summed E-state index contributed by atoms with van der Waals surface area (Å²) in [7, 11) is 1.42. The molecule has 27 heavy (non-hydrogen) atoms. The number of hydrogen-bond acceptors (Lipinski definition) is 4. The molecule has 2 amide bonds. The first-order chi connectivity index (χ1) is 13.1. The van der Waals surface area contributed by atoms with E-state index in [4.69, 9.17) is 0 Å². The molecule has 130 valence electrons. The minimum Gasteiger partial charge on any atom is -0.276 e. The number of fused-ring (bicyclic) bond motifs is 5. The van der Waals surface area contributed by atoms with Crippen molar-refractivity contribution in [1.29, 1.82) is 0 Å². The monoisotopic (exact) mass is 355 g/mol. The number of carbonyl (C=O) groups is 3. The van der Waals surface area contributed by atoms with E-state index in [-0.39, 0.29) is 17.2 Å². The zero-order chi connectivity index (χ0) is 18.7. The van der Waals surface area contributed by atoms with Crippen molar-refractivity contribution < 1.29 is 14.4 Å². The average molecular weight is 355 g/mol. The van der Waals surface area contributed by atoms with Gasteiger partial charge in [0.15, 0.2) is 0 Å². The summed E-state index contributed by atoms with van der Waals surface area (Å²) in [4.78, 5) is 43.7. The van der Waals surface area contributed by atoms with Gasteiger partial charge in [0, 0.05) is 29.6 Å². The van der Waals surface area contributed by atoms with Crippen molar-refractivity contribution >= 4 is 39.5 Å². The number of hydrogen-bond donors (Lipinski definition) is 0. The normalized spacial score (nSPS) is 13.6. The number of rotatable bonds is 1. The molecule has 3 heterocycles. The molecule has 0 spiro atoms. The molecule has 6 nitrogen and oxygen atoms in total. The second-order valence-corrected chi connectivity index (χ2v) is 6.44. The highest BCUT2D eigenvalue weighted by Crippen LogP contribution is 2.35. The summed E-state index contributed by atoms with van der Waals surface area (Å²) in [6.45, 7) is 0. The molecule has 0 unspecified atom stereocenters. The fourth-order valence-electron chi connectivity index (χ4n) is 3.65. The minimum absolute atomic E-state index is 0.0833. The number of imide groups is 1. The number of pyridine rings is 1. The van der Waals surface area contributed by atoms with Gasteiger partial charge in [-0.25, -0.2) is 4.98 Å². The van der Waals surface area contributed by atoms with Crippen molar-refractivity contribution in [3.63, 3.8) is 0 Å². The van der Waals surface area contributed by atoms with Crippen LogP contribution in [0.3, 0.4) is 0 Å². The first-order valence-electron chi connectivity index (χ1n) is 8.44. The zero-order valence-electron chi connectivity index (χ0n) is 14.3. The number of amides is 2. The van der Waals surface area contributed by atoms with Gasteiger partial charge in [-0.3, -0.25) is 23.9 Å². The lowest BCUT2D eigenvalue weighted by Crippen LogP contribution is -2.24. The maximum absolute atomic E-state index is 13.3. The molecular weight excluding hydrogens is 342 g/mol. The van der Waals surface area contributed by atoms with E-state index in [0.717, 1.165) is 10.3 Å². The average Bonchev–Trinajstić information content (AvgIpc) is 3.16. The second-order valence-electron chi connectivity index (χ2n) is 6.44. The first kappa shape index (κ1) is 15.5. The topological polar surface area (TPSA) is 72.3 Å². The van der Waals surface area contributed by atoms with Crippen LogP contribution in [0.2, 0.25) is 0 Å². The van der Waals surface area contributed by atoms with Crippen LogP contribution in [0.1, 0.15) is 31.2 Å². The molecule has 1 aliphatic rings. The van der Waals surface area contributed by atoms with Gasteiger partial charge in [0.1, 0.15) is 5.69 Å². The number of aromatic nitrogens is 2. The van der Waals surface area contributed by atoms with E-state index < -0.39 is 11.8 Å². The molecule has 1 aliphatic heterocycles. The van der Waals surface area contributed by atoms with Gasteiger partial charge in [-0.05, 0) is 18.2 Å². The summed E-state index contributed by atoms with van der Waals surface area (Å²) in [5.41, 5.74) is 1.86. The molecule has 0 atom stereocenters. The lowest BCUT2D eigenvalue weighted by atomic mass is 10.1. The molecular formula is C21H13N3O3. The Kier molecular flexibility index (Phi) is 3.06. The van der Waals surface area contributed by atoms with Crippen LogP contribution in [0.15, 0.2) is 60.8 Å². The van der Waals surface area contributed by atoms with E-state index in [0.29, 0.717) is 22.0 Å². The molecule has 4 aromatic rings. The third-order valence-corrected chi connectivity index (χ3v) is 4.96. The van der Waals surface area contributed by atoms with Crippen molar-refractivity contribution in [2.75, 3.05) is 7.05 Å². The second kappa shape index (κ2) is 5.35. The van der Waals surface area contributed by atoms with E-state index in [1.165, 1.54) is 11.6 Å². The van der Waals surface area contributed by atoms with Crippen molar-refractivity contribution in [1.82, 2.24) is 14.5 Å². The third kappa shape index (κ3) is 1.95. The summed E-state index contributed by atoms with van der Waals surface area (Å²) in [6, 6.07) is 16.3. The molecule has 5 rings (SSSR count). The predicted molar refractivity (Wildman–Crippen MR) is 99.8 cm³/mol. The fourth-order valence-corrected chi connectivity index (χ4v) is 3.65. The summed E-state index contributed by atoms with van der Waals surface area (Å²) in [6.07, 6.45) is 1.57. The first-order valence-corrected chi connectivity index (χ1v) is 8.44. The van der Waals surface area contributed by atoms with E-state index in [9.17, 15) is 14.4 Å². The van der Waals surface area contributed by atoms with Crippen LogP contribution in [0.25, 0.3) is 21.8 Å². The lowest BCUT2D eigenvalue weighted by Gasteiger charge is -2.08. The molecule has 6 heteroatoms. The molecule has 0 saturated carbocycles. The van der Waals surface area contributed by atoms with Crippen LogP contribution in [0, 0.1) is 0 Å². The molecule has 0 bridgehead atoms. The molecule has 0 aliphatic carbocycles. The highest BCUT2D eigenvalue weighted by molar-refractivity contribution is 6.29. The van der Waals surface area contributed by atoms with E-state index in [1.807, 2.05) is 30.3 Å². The van der Waals surface area contributed by atoms with Crippen LogP contribution < -0.4 is 0 Å². The van der Waals surface area contributed by atoms with Crippen LogP contribution >= 0.6 is 0 Å². The summed E-state index contributed by atoms with van der Waals surface area (Å²) in [5, 5.41) is 1.48. The van der Waals surface area contributed by atoms with Gasteiger partial charge in [-0.2, -0.15) is 0 Å². The molecule has 2 aromatic heterocycles. The van der Waals surface area contributed by atoms with Gasteiger partial charge in [-0.1, -0.05) is 36.4 Å². The Bertz CT molecular complexity index is 1290. The number of para-hydroxylation sites is 1. The van der Waals surface area contributed by atoms with Crippen molar-refractivity contribution in [3.05, 3.63) is 77.6 Å². The third-order valence-electron chi connectivity index (χ3n) is 4.96. The van der Waals surface area contributed by atoms with Crippen LogP contribution in [-0.2, 0) is 0 Å². The largest absolute Gasteiger partial charge is 0.279 e. The summed E-state index contributed by atoms with van der Waals surface area (Å²) < 4.78 is 1.52. The standard InChI is InChI=1S/C21H13N3O3/c1-23-20(26)16-17(21(23)27)22-11-14-13-9-5-6-10-15(13)24(18(14)16)19(25)12-7-3-2-4-8-12/h2-11H,1H3. The fraction of sp³-hybridized carbons (Fsp3) is 0.0476. The number of benzene rings is 2. The molecule has 0 fully saturated rings. The van der Waals surface area contributed by atoms with Crippen LogP contribution in [0.5, 0.6) is 0 Å². The van der Waals surface area contributed by atoms with E-state index >= 15 is 0 Å². The van der Waals surface area contributed by atoms with Gasteiger partial charge >= 0.3 is 0 Å².